The summed E-state index contributed by atoms with van der Waals surface area (Å²) in [5.74, 6) is 0. The van der Waals surface area contributed by atoms with Crippen molar-refractivity contribution in [1.29, 1.82) is 0 Å². The number of aliphatic hydroxyl groups excluding tert-OH is 2. The van der Waals surface area contributed by atoms with E-state index in [0.29, 0.717) is 0 Å². The van der Waals surface area contributed by atoms with E-state index in [-0.39, 0.29) is 0 Å². The number of hydrogen-bond acceptors (Lipinski definition) is 6. The third kappa shape index (κ3) is 2.54. The van der Waals surface area contributed by atoms with Crippen molar-refractivity contribution in [2.24, 2.45) is 5.11 Å². The lowest BCUT2D eigenvalue weighted by Gasteiger charge is -2.27. The van der Waals surface area contributed by atoms with Gasteiger partial charge in [0.05, 0.1) is 13.2 Å². The largest absolute Gasteiger partial charge is 0.393 e. The number of ether oxygens (including phenoxy) is 1. The summed E-state index contributed by atoms with van der Waals surface area (Å²) in [5.41, 5.74) is 4.84. The minimum atomic E-state index is -2.06. The number of azide groups is 1. The number of nitrogens with one attached hydrogen (secondary N) is 1. The van der Waals surface area contributed by atoms with E-state index in [1.54, 1.807) is 0 Å². The van der Waals surface area contributed by atoms with Crippen LogP contribution in [0.5, 0.6) is 0 Å². The molecule has 2 heterocycles. The molecule has 4 atom stereocenters. The van der Waals surface area contributed by atoms with Crippen molar-refractivity contribution >= 4 is 0 Å². The highest BCUT2D eigenvalue weighted by Gasteiger charge is 2.55. The molecule has 114 valence electrons. The van der Waals surface area contributed by atoms with Gasteiger partial charge in [-0.3, -0.25) is 14.3 Å². The molecule has 2 rings (SSSR count). The van der Waals surface area contributed by atoms with E-state index in [1.807, 2.05) is 4.98 Å². The molecular weight excluding hydrogens is 289 g/mol. The molecule has 0 unspecified atom stereocenters. The SMILES string of the molecule is [N-]=[N+]=NC[C@]1(CO)O[C@@H](n2ccc(=O)[nH]c2=O)[C@H](F)[C@@H]1O. The zero-order valence-electron chi connectivity index (χ0n) is 10.6. The Kier molecular flexibility index (Phi) is 4.09. The maximum atomic E-state index is 14.2. The molecule has 3 N–H and O–H groups in total. The monoisotopic (exact) mass is 301 g/mol. The summed E-state index contributed by atoms with van der Waals surface area (Å²) in [6, 6.07) is 0.982. The average molecular weight is 301 g/mol. The van der Waals surface area contributed by atoms with E-state index in [4.69, 9.17) is 10.3 Å². The Hall–Kier alpha value is -2.20. The predicted molar refractivity (Wildman–Crippen MR) is 66.2 cm³/mol. The number of hydrogen-bond donors (Lipinski definition) is 3. The summed E-state index contributed by atoms with van der Waals surface area (Å²) in [6.45, 7) is -1.33. The fraction of sp³-hybridized carbons (Fsp3) is 0.600. The van der Waals surface area contributed by atoms with Crippen LogP contribution in [0.25, 0.3) is 10.4 Å². The van der Waals surface area contributed by atoms with Crippen LogP contribution in [-0.2, 0) is 4.74 Å². The fourth-order valence-electron chi connectivity index (χ4n) is 2.12. The number of aromatic amines is 1. The highest BCUT2D eigenvalue weighted by molar-refractivity contribution is 5.03. The molecule has 0 amide bonds. The van der Waals surface area contributed by atoms with Gasteiger partial charge >= 0.3 is 5.69 Å². The number of alkyl halides is 1. The zero-order valence-corrected chi connectivity index (χ0v) is 10.6. The standard InChI is InChI=1S/C10H12FN5O5/c11-6-7(19)10(4-17,3-13-15-12)21-8(6)16-2-1-5(18)14-9(16)20/h1-2,6-8,17,19H,3-4H2,(H,14,18,20)/t6-,7+,8-,10-/m1/s1. The van der Waals surface area contributed by atoms with Crippen LogP contribution in [0.2, 0.25) is 0 Å². The van der Waals surface area contributed by atoms with Crippen LogP contribution in [-0.4, -0.2) is 50.8 Å². The Bertz CT molecular complexity index is 683. The predicted octanol–water partition coefficient (Wildman–Crippen LogP) is -1.19. The topological polar surface area (TPSA) is 153 Å². The van der Waals surface area contributed by atoms with E-state index >= 15 is 0 Å². The molecule has 11 heteroatoms. The van der Waals surface area contributed by atoms with Gasteiger partial charge in [0.1, 0.15) is 11.7 Å². The second-order valence-electron chi connectivity index (χ2n) is 4.53. The summed E-state index contributed by atoms with van der Waals surface area (Å²) in [5, 5.41) is 22.4. The first-order chi connectivity index (χ1) is 9.95. The van der Waals surface area contributed by atoms with Crippen molar-refractivity contribution in [1.82, 2.24) is 9.55 Å². The number of aromatic nitrogens is 2. The van der Waals surface area contributed by atoms with Crippen LogP contribution in [0.1, 0.15) is 6.23 Å². The Labute approximate surface area is 116 Å². The van der Waals surface area contributed by atoms with Gasteiger partial charge in [-0.25, -0.2) is 9.18 Å². The first kappa shape index (κ1) is 15.2. The molecule has 1 aliphatic rings. The number of H-pyrrole nitrogens is 1. The molecule has 0 bridgehead atoms. The summed E-state index contributed by atoms with van der Waals surface area (Å²) >= 11 is 0. The van der Waals surface area contributed by atoms with Crippen molar-refractivity contribution in [3.8, 4) is 0 Å². The molecule has 0 aromatic carbocycles. The van der Waals surface area contributed by atoms with Gasteiger partial charge in [0, 0.05) is 17.2 Å². The number of rotatable bonds is 4. The van der Waals surface area contributed by atoms with Crippen molar-refractivity contribution < 1.29 is 19.3 Å². The van der Waals surface area contributed by atoms with E-state index in [1.165, 1.54) is 0 Å². The minimum Gasteiger partial charge on any atom is -0.393 e. The molecule has 0 spiro atoms. The molecule has 10 nitrogen and oxygen atoms in total. The van der Waals surface area contributed by atoms with Gasteiger partial charge < -0.3 is 14.9 Å². The molecule has 1 aliphatic heterocycles. The Morgan fingerprint density at radius 2 is 2.33 bits per heavy atom. The maximum absolute atomic E-state index is 14.2. The smallest absolute Gasteiger partial charge is 0.330 e. The maximum Gasteiger partial charge on any atom is 0.330 e. The number of aliphatic hydroxyl groups is 2. The van der Waals surface area contributed by atoms with E-state index in [9.17, 15) is 24.2 Å². The molecule has 0 aliphatic carbocycles. The third-order valence-electron chi connectivity index (χ3n) is 3.26. The first-order valence-electron chi connectivity index (χ1n) is 5.88. The second kappa shape index (κ2) is 5.66. The molecule has 1 aromatic heterocycles. The first-order valence-corrected chi connectivity index (χ1v) is 5.88. The Morgan fingerprint density at radius 1 is 1.62 bits per heavy atom. The second-order valence-corrected chi connectivity index (χ2v) is 4.53. The van der Waals surface area contributed by atoms with Crippen LogP contribution < -0.4 is 11.2 Å². The van der Waals surface area contributed by atoms with Gasteiger partial charge in [-0.05, 0) is 5.53 Å². The van der Waals surface area contributed by atoms with Gasteiger partial charge in [0.2, 0.25) is 0 Å². The molecular formula is C10H12FN5O5. The van der Waals surface area contributed by atoms with E-state index in [2.05, 4.69) is 10.0 Å². The summed E-state index contributed by atoms with van der Waals surface area (Å²) in [4.78, 5) is 27.0. The van der Waals surface area contributed by atoms with Crippen molar-refractivity contribution in [2.75, 3.05) is 13.2 Å². The van der Waals surface area contributed by atoms with Crippen molar-refractivity contribution in [3.05, 3.63) is 43.5 Å². The van der Waals surface area contributed by atoms with Gasteiger partial charge in [-0.1, -0.05) is 5.11 Å². The normalized spacial score (nSPS) is 31.9. The summed E-state index contributed by atoms with van der Waals surface area (Å²) in [7, 11) is 0. The molecule has 1 saturated heterocycles. The Morgan fingerprint density at radius 3 is 2.90 bits per heavy atom. The molecule has 1 aromatic rings. The molecule has 1 fully saturated rings. The molecule has 21 heavy (non-hydrogen) atoms. The van der Waals surface area contributed by atoms with Gasteiger partial charge in [-0.15, -0.1) is 0 Å². The van der Waals surface area contributed by atoms with Gasteiger partial charge in [0.15, 0.2) is 12.4 Å². The van der Waals surface area contributed by atoms with Crippen LogP contribution in [0, 0.1) is 0 Å². The van der Waals surface area contributed by atoms with Gasteiger partial charge in [-0.2, -0.15) is 0 Å². The lowest BCUT2D eigenvalue weighted by molar-refractivity contribution is -0.122. The van der Waals surface area contributed by atoms with Gasteiger partial charge in [0.25, 0.3) is 5.56 Å². The fourth-order valence-corrected chi connectivity index (χ4v) is 2.12. The summed E-state index contributed by atoms with van der Waals surface area (Å²) < 4.78 is 20.2. The third-order valence-corrected chi connectivity index (χ3v) is 3.26. The number of nitrogens with zero attached hydrogens (tertiary/aromatic N) is 4. The Balaban J connectivity index is 2.41. The van der Waals surface area contributed by atoms with Crippen LogP contribution in [0.4, 0.5) is 4.39 Å². The lowest BCUT2D eigenvalue weighted by Crippen LogP contribution is -2.48. The zero-order chi connectivity index (χ0) is 15.6. The van der Waals surface area contributed by atoms with E-state index in [0.717, 1.165) is 16.8 Å². The molecule has 0 saturated carbocycles. The average Bonchev–Trinajstić information content (AvgIpc) is 2.71. The van der Waals surface area contributed by atoms with Crippen molar-refractivity contribution in [3.63, 3.8) is 0 Å². The highest BCUT2D eigenvalue weighted by Crippen LogP contribution is 2.38. The number of halogens is 1. The van der Waals surface area contributed by atoms with Crippen molar-refractivity contribution in [2.45, 2.75) is 24.1 Å². The van der Waals surface area contributed by atoms with Crippen LogP contribution in [0.3, 0.4) is 0 Å². The van der Waals surface area contributed by atoms with Crippen LogP contribution >= 0.6 is 0 Å². The van der Waals surface area contributed by atoms with Crippen LogP contribution in [0.15, 0.2) is 27.0 Å². The highest BCUT2D eigenvalue weighted by atomic mass is 19.1. The lowest BCUT2D eigenvalue weighted by atomic mass is 9.97. The molecule has 0 radical (unpaired) electrons. The quantitative estimate of drug-likeness (QED) is 0.362. The summed E-state index contributed by atoms with van der Waals surface area (Å²) in [6.07, 6.45) is -4.43. The van der Waals surface area contributed by atoms with E-state index < -0.39 is 48.5 Å². The minimum absolute atomic E-state index is 0.518.